The summed E-state index contributed by atoms with van der Waals surface area (Å²) < 4.78 is 16.3. The molecule has 2 heterocycles. The zero-order valence-electron chi connectivity index (χ0n) is 26.1. The highest BCUT2D eigenvalue weighted by Gasteiger charge is 2.42. The van der Waals surface area contributed by atoms with Gasteiger partial charge in [0.1, 0.15) is 6.61 Å². The van der Waals surface area contributed by atoms with Crippen LogP contribution in [0, 0.1) is 0 Å². The highest BCUT2D eigenvalue weighted by Crippen LogP contribution is 2.38. The van der Waals surface area contributed by atoms with Gasteiger partial charge in [-0.2, -0.15) is 0 Å². The average Bonchev–Trinajstić information content (AvgIpc) is 3.32. The maximum absolute atomic E-state index is 14.2. The summed E-state index contributed by atoms with van der Waals surface area (Å²) in [6.45, 7) is 5.68. The van der Waals surface area contributed by atoms with Gasteiger partial charge >= 0.3 is 18.0 Å². The van der Waals surface area contributed by atoms with E-state index >= 15 is 0 Å². The van der Waals surface area contributed by atoms with Crippen LogP contribution in [0.15, 0.2) is 114 Å². The molecule has 2 aliphatic rings. The highest BCUT2D eigenvalue weighted by molar-refractivity contribution is 5.98. The number of allylic oxidation sites excluding steroid dienone is 1. The molecule has 1 saturated heterocycles. The lowest BCUT2D eigenvalue weighted by atomic mass is 9.92. The minimum Gasteiger partial charge on any atom is -0.457 e. The monoisotopic (exact) mass is 623 g/mol. The molecular formula is C36H37N3O7. The Morgan fingerprint density at radius 3 is 2.11 bits per heavy atom. The van der Waals surface area contributed by atoms with Crippen LogP contribution in [0.3, 0.4) is 0 Å². The third kappa shape index (κ3) is 7.63. The molecule has 5 rings (SSSR count). The number of cyclic esters (lactones) is 1. The minimum atomic E-state index is -1.14. The van der Waals surface area contributed by atoms with E-state index in [9.17, 15) is 19.2 Å². The molecule has 1 atom stereocenters. The molecule has 3 aromatic rings. The van der Waals surface area contributed by atoms with Gasteiger partial charge < -0.3 is 24.4 Å². The molecule has 0 radical (unpaired) electrons. The molecule has 10 heteroatoms. The van der Waals surface area contributed by atoms with Crippen molar-refractivity contribution in [1.29, 1.82) is 0 Å². The van der Waals surface area contributed by atoms with Crippen molar-refractivity contribution in [2.24, 2.45) is 0 Å². The molecule has 10 nitrogen and oxygen atoms in total. The average molecular weight is 624 g/mol. The molecule has 3 aromatic carbocycles. The molecule has 0 spiro atoms. The number of benzene rings is 3. The van der Waals surface area contributed by atoms with Crippen molar-refractivity contribution in [2.45, 2.75) is 52.2 Å². The van der Waals surface area contributed by atoms with Crippen LogP contribution in [0.5, 0.6) is 0 Å². The Morgan fingerprint density at radius 2 is 1.50 bits per heavy atom. The Balaban J connectivity index is 1.40. The van der Waals surface area contributed by atoms with E-state index in [2.05, 4.69) is 5.32 Å². The van der Waals surface area contributed by atoms with Gasteiger partial charge in [0.25, 0.3) is 0 Å². The number of esters is 2. The van der Waals surface area contributed by atoms with Crippen LogP contribution in [0.1, 0.15) is 49.9 Å². The molecule has 0 bridgehead atoms. The first-order chi connectivity index (χ1) is 22.1. The van der Waals surface area contributed by atoms with Gasteiger partial charge in [-0.15, -0.1) is 0 Å². The van der Waals surface area contributed by atoms with E-state index in [-0.39, 0.29) is 38.0 Å². The van der Waals surface area contributed by atoms with E-state index < -0.39 is 29.7 Å². The SMILES string of the molecule is CC1=C(C(=O)OCc2ccccc2)C(c2ccccc2)N(CCCNC(=O)/C=C2\OC(C)(C)OC2=O)C(=O)N1Cc1ccccc1. The summed E-state index contributed by atoms with van der Waals surface area (Å²) in [5.74, 6) is -3.06. The van der Waals surface area contributed by atoms with Gasteiger partial charge in [-0.05, 0) is 30.0 Å². The number of urea groups is 1. The molecular weight excluding hydrogens is 586 g/mol. The zero-order chi connectivity index (χ0) is 32.7. The summed E-state index contributed by atoms with van der Waals surface area (Å²) in [4.78, 5) is 55.9. The molecule has 2 aliphatic heterocycles. The van der Waals surface area contributed by atoms with E-state index in [4.69, 9.17) is 14.2 Å². The van der Waals surface area contributed by atoms with E-state index in [0.717, 1.165) is 22.8 Å². The van der Waals surface area contributed by atoms with Gasteiger partial charge in [-0.1, -0.05) is 91.0 Å². The Bertz CT molecular complexity index is 1640. The van der Waals surface area contributed by atoms with Crippen LogP contribution in [0.2, 0.25) is 0 Å². The number of hydrogen-bond donors (Lipinski definition) is 1. The van der Waals surface area contributed by atoms with Gasteiger partial charge in [-0.3, -0.25) is 9.69 Å². The second-order valence-corrected chi connectivity index (χ2v) is 11.5. The number of rotatable bonds is 11. The normalized spacial score (nSPS) is 18.3. The highest BCUT2D eigenvalue weighted by atomic mass is 16.8. The fourth-order valence-corrected chi connectivity index (χ4v) is 5.45. The molecule has 46 heavy (non-hydrogen) atoms. The molecule has 3 amide bonds. The zero-order valence-corrected chi connectivity index (χ0v) is 26.1. The topological polar surface area (TPSA) is 114 Å². The van der Waals surface area contributed by atoms with Gasteiger partial charge in [0.15, 0.2) is 0 Å². The minimum absolute atomic E-state index is 0.0839. The van der Waals surface area contributed by atoms with Crippen LogP contribution in [0.25, 0.3) is 0 Å². The lowest BCUT2D eigenvalue weighted by Crippen LogP contribution is -2.51. The number of carbonyl (C=O) groups is 4. The number of ether oxygens (including phenoxy) is 3. The fourth-order valence-electron chi connectivity index (χ4n) is 5.45. The van der Waals surface area contributed by atoms with Gasteiger partial charge in [0.05, 0.1) is 24.2 Å². The van der Waals surface area contributed by atoms with Crippen LogP contribution < -0.4 is 5.32 Å². The lowest BCUT2D eigenvalue weighted by molar-refractivity contribution is -0.159. The van der Waals surface area contributed by atoms with Crippen molar-refractivity contribution in [3.05, 3.63) is 131 Å². The fraction of sp³-hybridized carbons (Fsp3) is 0.278. The molecule has 238 valence electrons. The standard InChI is InChI=1S/C36H37N3O7/c1-25-31(34(42)44-24-27-16-9-5-10-17-27)32(28-18-11-6-12-19-28)38(35(43)39(25)23-26-14-7-4-8-15-26)21-13-20-37-30(40)22-29-33(41)46-36(2,3)45-29/h4-12,14-19,22,32H,13,20-21,23-24H2,1-3H3,(H,37,40)/b29-22-. The summed E-state index contributed by atoms with van der Waals surface area (Å²) in [5, 5.41) is 2.74. The van der Waals surface area contributed by atoms with Crippen molar-refractivity contribution in [2.75, 3.05) is 13.1 Å². The number of nitrogens with zero attached hydrogens (tertiary/aromatic N) is 2. The molecule has 0 saturated carbocycles. The number of nitrogens with one attached hydrogen (secondary N) is 1. The molecule has 0 aromatic heterocycles. The second-order valence-electron chi connectivity index (χ2n) is 11.5. The largest absolute Gasteiger partial charge is 0.457 e. The predicted molar refractivity (Wildman–Crippen MR) is 169 cm³/mol. The molecule has 0 aliphatic carbocycles. The maximum atomic E-state index is 14.2. The first-order valence-corrected chi connectivity index (χ1v) is 15.1. The Labute approximate surface area is 268 Å². The van der Waals surface area contributed by atoms with Crippen molar-refractivity contribution >= 4 is 23.9 Å². The van der Waals surface area contributed by atoms with Crippen LogP contribution >= 0.6 is 0 Å². The van der Waals surface area contributed by atoms with Crippen LogP contribution in [-0.2, 0) is 41.7 Å². The second kappa shape index (κ2) is 14.2. The molecule has 1 N–H and O–H groups in total. The lowest BCUT2D eigenvalue weighted by Gasteiger charge is -2.43. The van der Waals surface area contributed by atoms with Crippen molar-refractivity contribution in [3.8, 4) is 0 Å². The van der Waals surface area contributed by atoms with Gasteiger partial charge in [0, 0.05) is 32.6 Å². The molecule has 1 fully saturated rings. The van der Waals surface area contributed by atoms with Crippen molar-refractivity contribution < 1.29 is 33.4 Å². The summed E-state index contributed by atoms with van der Waals surface area (Å²) >= 11 is 0. The number of hydrogen-bond acceptors (Lipinski definition) is 7. The Kier molecular flexibility index (Phi) is 9.85. The van der Waals surface area contributed by atoms with Gasteiger partial charge in [0.2, 0.25) is 17.5 Å². The van der Waals surface area contributed by atoms with Crippen molar-refractivity contribution in [1.82, 2.24) is 15.1 Å². The van der Waals surface area contributed by atoms with E-state index in [1.807, 2.05) is 91.0 Å². The first-order valence-electron chi connectivity index (χ1n) is 15.1. The van der Waals surface area contributed by atoms with Crippen molar-refractivity contribution in [3.63, 3.8) is 0 Å². The summed E-state index contributed by atoms with van der Waals surface area (Å²) in [7, 11) is 0. The van der Waals surface area contributed by atoms with Gasteiger partial charge in [-0.25, -0.2) is 14.4 Å². The third-order valence-corrected chi connectivity index (χ3v) is 7.62. The smallest absolute Gasteiger partial charge is 0.377 e. The molecule has 1 unspecified atom stereocenters. The maximum Gasteiger partial charge on any atom is 0.377 e. The van der Waals surface area contributed by atoms with Crippen LogP contribution in [0.4, 0.5) is 4.79 Å². The number of carbonyl (C=O) groups excluding carboxylic acids is 4. The predicted octanol–water partition coefficient (Wildman–Crippen LogP) is 5.38. The van der Waals surface area contributed by atoms with Crippen LogP contribution in [-0.4, -0.2) is 52.6 Å². The number of amides is 3. The summed E-state index contributed by atoms with van der Waals surface area (Å²) in [5.41, 5.74) is 3.39. The van der Waals surface area contributed by atoms with E-state index in [0.29, 0.717) is 17.7 Å². The summed E-state index contributed by atoms with van der Waals surface area (Å²) in [6.07, 6.45) is 1.43. The van der Waals surface area contributed by atoms with E-state index in [1.54, 1.807) is 30.6 Å². The first kappa shape index (κ1) is 32.0. The quantitative estimate of drug-likeness (QED) is 0.173. The Morgan fingerprint density at radius 1 is 0.891 bits per heavy atom. The van der Waals surface area contributed by atoms with E-state index in [1.165, 1.54) is 0 Å². The summed E-state index contributed by atoms with van der Waals surface area (Å²) in [6, 6.07) is 27.4. The Hall–Kier alpha value is -5.38. The third-order valence-electron chi connectivity index (χ3n) is 7.62.